The Morgan fingerprint density at radius 3 is 2.58 bits per heavy atom. The molecule has 0 saturated heterocycles. The van der Waals surface area contributed by atoms with Crippen LogP contribution in [0.3, 0.4) is 0 Å². The molecule has 1 heterocycles. The van der Waals surface area contributed by atoms with Gasteiger partial charge in [0.05, 0.1) is 5.69 Å². The standard InChI is InChI=1S/C16H20FN5O2/c1-9-7-10(17)12(13(23)24)11(8-9)22-15(19)20-14(18)21-16(22)5-3-2-4-6-16/h7-8H,2-6H2,1H3,(H,23,24)(H4,18,19,20,21). The van der Waals surface area contributed by atoms with Gasteiger partial charge in [-0.25, -0.2) is 14.2 Å². The Kier molecular flexibility index (Phi) is 3.90. The van der Waals surface area contributed by atoms with Crippen molar-refractivity contribution < 1.29 is 14.3 Å². The van der Waals surface area contributed by atoms with E-state index in [1.807, 2.05) is 0 Å². The fourth-order valence-corrected chi connectivity index (χ4v) is 3.58. The Labute approximate surface area is 138 Å². The topological polar surface area (TPSA) is 117 Å². The van der Waals surface area contributed by atoms with Crippen molar-refractivity contribution in [3.63, 3.8) is 0 Å². The zero-order valence-electron chi connectivity index (χ0n) is 13.4. The lowest BCUT2D eigenvalue weighted by molar-refractivity contribution is 0.0692. The molecule has 1 aromatic carbocycles. The molecule has 1 fully saturated rings. The van der Waals surface area contributed by atoms with Crippen LogP contribution in [0, 0.1) is 12.7 Å². The molecule has 0 unspecified atom stereocenters. The first-order chi connectivity index (χ1) is 11.3. The van der Waals surface area contributed by atoms with E-state index < -0.39 is 23.0 Å². The van der Waals surface area contributed by atoms with E-state index in [9.17, 15) is 14.3 Å². The Balaban J connectivity index is 2.23. The van der Waals surface area contributed by atoms with Crippen LogP contribution in [0.4, 0.5) is 10.1 Å². The van der Waals surface area contributed by atoms with Crippen molar-refractivity contribution in [3.8, 4) is 0 Å². The Morgan fingerprint density at radius 1 is 1.29 bits per heavy atom. The third-order valence-electron chi connectivity index (χ3n) is 4.52. The van der Waals surface area contributed by atoms with Crippen molar-refractivity contribution in [1.29, 1.82) is 0 Å². The van der Waals surface area contributed by atoms with E-state index in [0.717, 1.165) is 19.3 Å². The van der Waals surface area contributed by atoms with Gasteiger partial charge in [0, 0.05) is 0 Å². The molecule has 5 N–H and O–H groups in total. The number of anilines is 1. The molecule has 0 amide bonds. The third-order valence-corrected chi connectivity index (χ3v) is 4.52. The lowest BCUT2D eigenvalue weighted by Gasteiger charge is -2.46. The van der Waals surface area contributed by atoms with Gasteiger partial charge in [-0.05, 0) is 50.3 Å². The molecule has 1 aromatic rings. The van der Waals surface area contributed by atoms with Gasteiger partial charge in [0.1, 0.15) is 17.0 Å². The first-order valence-corrected chi connectivity index (χ1v) is 7.87. The molecule has 1 aliphatic carbocycles. The van der Waals surface area contributed by atoms with Gasteiger partial charge in [0.15, 0.2) is 0 Å². The SMILES string of the molecule is Cc1cc(F)c(C(=O)O)c(N2C(N)=NC(N)=NC23CCCCC3)c1. The highest BCUT2D eigenvalue weighted by Gasteiger charge is 2.44. The van der Waals surface area contributed by atoms with E-state index in [1.165, 1.54) is 6.07 Å². The van der Waals surface area contributed by atoms with Crippen LogP contribution >= 0.6 is 0 Å². The van der Waals surface area contributed by atoms with Crippen molar-refractivity contribution in [2.24, 2.45) is 21.5 Å². The second-order valence-corrected chi connectivity index (χ2v) is 6.26. The average molecular weight is 333 g/mol. The van der Waals surface area contributed by atoms with E-state index in [1.54, 1.807) is 17.9 Å². The van der Waals surface area contributed by atoms with Gasteiger partial charge >= 0.3 is 5.97 Å². The maximum absolute atomic E-state index is 14.3. The summed E-state index contributed by atoms with van der Waals surface area (Å²) in [6.45, 7) is 1.70. The highest BCUT2D eigenvalue weighted by molar-refractivity contribution is 6.09. The predicted octanol–water partition coefficient (Wildman–Crippen LogP) is 1.94. The highest BCUT2D eigenvalue weighted by Crippen LogP contribution is 2.41. The third kappa shape index (κ3) is 2.57. The lowest BCUT2D eigenvalue weighted by Crippen LogP contribution is -2.58. The molecule has 0 atom stereocenters. The molecule has 2 aliphatic rings. The molecule has 1 aliphatic heterocycles. The Morgan fingerprint density at radius 2 is 1.96 bits per heavy atom. The molecule has 7 nitrogen and oxygen atoms in total. The van der Waals surface area contributed by atoms with Crippen LogP contribution in [0.15, 0.2) is 22.1 Å². The minimum Gasteiger partial charge on any atom is -0.478 e. The van der Waals surface area contributed by atoms with E-state index in [2.05, 4.69) is 9.98 Å². The summed E-state index contributed by atoms with van der Waals surface area (Å²) in [5.74, 6) is -2.06. The molecule has 0 radical (unpaired) electrons. The number of guanidine groups is 2. The predicted molar refractivity (Wildman–Crippen MR) is 89.6 cm³/mol. The maximum Gasteiger partial charge on any atom is 0.340 e. The molecule has 128 valence electrons. The van der Waals surface area contributed by atoms with Crippen LogP contribution in [-0.4, -0.2) is 28.7 Å². The number of rotatable bonds is 2. The number of aryl methyl sites for hydroxylation is 1. The van der Waals surface area contributed by atoms with Crippen LogP contribution in [0.1, 0.15) is 48.0 Å². The fraction of sp³-hybridized carbons (Fsp3) is 0.438. The molecule has 3 rings (SSSR count). The van der Waals surface area contributed by atoms with Crippen LogP contribution in [0.2, 0.25) is 0 Å². The minimum absolute atomic E-state index is 0.0388. The summed E-state index contributed by atoms with van der Waals surface area (Å²) in [5, 5.41) is 9.49. The number of nitrogens with zero attached hydrogens (tertiary/aromatic N) is 3. The van der Waals surface area contributed by atoms with Crippen LogP contribution in [0.5, 0.6) is 0 Å². The number of halogens is 1. The van der Waals surface area contributed by atoms with E-state index in [4.69, 9.17) is 11.5 Å². The quantitative estimate of drug-likeness (QED) is 0.764. The molecule has 0 aromatic heterocycles. The van der Waals surface area contributed by atoms with Crippen molar-refractivity contribution in [1.82, 2.24) is 0 Å². The monoisotopic (exact) mass is 333 g/mol. The number of carbonyl (C=O) groups is 1. The molecule has 24 heavy (non-hydrogen) atoms. The van der Waals surface area contributed by atoms with Crippen LogP contribution in [0.25, 0.3) is 0 Å². The number of carboxylic acids is 1. The molecule has 1 spiro atoms. The summed E-state index contributed by atoms with van der Waals surface area (Å²) < 4.78 is 14.3. The Hall–Kier alpha value is -2.64. The maximum atomic E-state index is 14.3. The number of aliphatic imine (C=N–C) groups is 2. The average Bonchev–Trinajstić information content (AvgIpc) is 2.45. The number of hydrogen-bond donors (Lipinski definition) is 3. The molecule has 0 bridgehead atoms. The number of aromatic carboxylic acids is 1. The molecule has 1 saturated carbocycles. The Bertz CT molecular complexity index is 753. The number of carboxylic acid groups (broad SMARTS) is 1. The van der Waals surface area contributed by atoms with E-state index in [0.29, 0.717) is 18.4 Å². The van der Waals surface area contributed by atoms with Crippen molar-refractivity contribution in [2.75, 3.05) is 4.90 Å². The van der Waals surface area contributed by atoms with Gasteiger partial charge in [-0.2, -0.15) is 4.99 Å². The largest absolute Gasteiger partial charge is 0.478 e. The summed E-state index contributed by atoms with van der Waals surface area (Å²) in [6.07, 6.45) is 4.15. The lowest BCUT2D eigenvalue weighted by atomic mass is 9.86. The number of nitrogens with two attached hydrogens (primary N) is 2. The highest BCUT2D eigenvalue weighted by atomic mass is 19.1. The zero-order valence-corrected chi connectivity index (χ0v) is 13.4. The van der Waals surface area contributed by atoms with Gasteiger partial charge in [0.2, 0.25) is 11.9 Å². The molecular formula is C16H20FN5O2. The second kappa shape index (κ2) is 5.77. The zero-order chi connectivity index (χ0) is 17.5. The summed E-state index contributed by atoms with van der Waals surface area (Å²) in [6, 6.07) is 2.79. The summed E-state index contributed by atoms with van der Waals surface area (Å²) in [5.41, 5.74) is 11.4. The second-order valence-electron chi connectivity index (χ2n) is 6.26. The smallest absolute Gasteiger partial charge is 0.340 e. The van der Waals surface area contributed by atoms with Crippen molar-refractivity contribution in [3.05, 3.63) is 29.1 Å². The molecule has 8 heteroatoms. The van der Waals surface area contributed by atoms with Gasteiger partial charge in [-0.1, -0.05) is 6.42 Å². The number of hydrogen-bond acceptors (Lipinski definition) is 6. The van der Waals surface area contributed by atoms with Crippen LogP contribution in [-0.2, 0) is 0 Å². The van der Waals surface area contributed by atoms with Gasteiger partial charge in [-0.3, -0.25) is 4.90 Å². The first kappa shape index (κ1) is 16.2. The minimum atomic E-state index is -1.36. The van der Waals surface area contributed by atoms with Gasteiger partial charge < -0.3 is 16.6 Å². The van der Waals surface area contributed by atoms with Gasteiger partial charge in [0.25, 0.3) is 0 Å². The van der Waals surface area contributed by atoms with Crippen molar-refractivity contribution in [2.45, 2.75) is 44.7 Å². The summed E-state index contributed by atoms with van der Waals surface area (Å²) in [4.78, 5) is 21.6. The van der Waals surface area contributed by atoms with Gasteiger partial charge in [-0.15, -0.1) is 0 Å². The summed E-state index contributed by atoms with van der Waals surface area (Å²) >= 11 is 0. The summed E-state index contributed by atoms with van der Waals surface area (Å²) in [7, 11) is 0. The molecular weight excluding hydrogens is 313 g/mol. The fourth-order valence-electron chi connectivity index (χ4n) is 3.58. The van der Waals surface area contributed by atoms with Crippen molar-refractivity contribution >= 4 is 23.6 Å². The van der Waals surface area contributed by atoms with E-state index >= 15 is 0 Å². The van der Waals surface area contributed by atoms with Crippen LogP contribution < -0.4 is 16.4 Å². The number of benzene rings is 1. The van der Waals surface area contributed by atoms with E-state index in [-0.39, 0.29) is 17.6 Å². The first-order valence-electron chi connectivity index (χ1n) is 7.87. The normalized spacial score (nSPS) is 19.8.